The van der Waals surface area contributed by atoms with E-state index < -0.39 is 11.7 Å². The molecule has 0 unspecified atom stereocenters. The zero-order valence-corrected chi connectivity index (χ0v) is 16.8. The number of rotatable bonds is 5. The lowest BCUT2D eigenvalue weighted by molar-refractivity contribution is -0.131. The smallest absolute Gasteiger partial charge is 0.254 e. The average molecular weight is 408 g/mol. The van der Waals surface area contributed by atoms with Crippen LogP contribution in [-0.4, -0.2) is 39.4 Å². The third-order valence-electron chi connectivity index (χ3n) is 5.51. The first kappa shape index (κ1) is 20.1. The molecule has 7 heteroatoms. The van der Waals surface area contributed by atoms with Crippen molar-refractivity contribution in [2.24, 2.45) is 0 Å². The predicted octanol–water partition coefficient (Wildman–Crippen LogP) is 3.51. The van der Waals surface area contributed by atoms with Gasteiger partial charge >= 0.3 is 0 Å². The zero-order chi connectivity index (χ0) is 20.9. The van der Waals surface area contributed by atoms with Crippen LogP contribution < -0.4 is 5.32 Å². The maximum Gasteiger partial charge on any atom is 0.254 e. The van der Waals surface area contributed by atoms with Crippen LogP contribution in [0.4, 0.5) is 4.39 Å². The Labute approximate surface area is 174 Å². The van der Waals surface area contributed by atoms with E-state index in [0.717, 1.165) is 49.8 Å². The van der Waals surface area contributed by atoms with E-state index in [-0.39, 0.29) is 24.6 Å². The summed E-state index contributed by atoms with van der Waals surface area (Å²) < 4.78 is 15.7. The van der Waals surface area contributed by atoms with Crippen molar-refractivity contribution in [2.45, 2.75) is 38.8 Å². The lowest BCUT2D eigenvalue weighted by atomic mass is 10.2. The van der Waals surface area contributed by atoms with Crippen LogP contribution in [0.3, 0.4) is 0 Å². The highest BCUT2D eigenvalue weighted by atomic mass is 19.1. The number of nitrogens with one attached hydrogen (secondary N) is 1. The number of para-hydroxylation sites is 2. The van der Waals surface area contributed by atoms with Crippen molar-refractivity contribution in [1.29, 1.82) is 0 Å². The average Bonchev–Trinajstić information content (AvgIpc) is 2.92. The lowest BCUT2D eigenvalue weighted by Crippen LogP contribution is -2.35. The molecule has 2 amide bonds. The molecule has 1 aliphatic rings. The molecule has 1 aromatic heterocycles. The Kier molecular flexibility index (Phi) is 6.07. The van der Waals surface area contributed by atoms with Gasteiger partial charge in [0.2, 0.25) is 5.91 Å². The van der Waals surface area contributed by atoms with Gasteiger partial charge in [-0.3, -0.25) is 9.59 Å². The Morgan fingerprint density at radius 2 is 1.67 bits per heavy atom. The quantitative estimate of drug-likeness (QED) is 0.703. The first-order valence-electron chi connectivity index (χ1n) is 10.4. The molecule has 156 valence electrons. The van der Waals surface area contributed by atoms with Crippen LogP contribution in [0.1, 0.15) is 41.9 Å². The summed E-state index contributed by atoms with van der Waals surface area (Å²) in [6.07, 6.45) is 4.38. The van der Waals surface area contributed by atoms with E-state index in [2.05, 4.69) is 10.3 Å². The number of nitrogens with zero attached hydrogens (tertiary/aromatic N) is 3. The number of aromatic nitrogens is 2. The number of imidazole rings is 1. The number of amides is 2. The monoisotopic (exact) mass is 408 g/mol. The summed E-state index contributed by atoms with van der Waals surface area (Å²) in [4.78, 5) is 31.9. The minimum absolute atomic E-state index is 0.0131. The number of likely N-dealkylation sites (tertiary alicyclic amines) is 1. The molecule has 0 radical (unpaired) electrons. The van der Waals surface area contributed by atoms with Crippen LogP contribution in [0.25, 0.3) is 11.0 Å². The summed E-state index contributed by atoms with van der Waals surface area (Å²) in [5.74, 6) is -0.448. The van der Waals surface area contributed by atoms with Gasteiger partial charge in [-0.15, -0.1) is 0 Å². The summed E-state index contributed by atoms with van der Waals surface area (Å²) in [7, 11) is 0. The maximum atomic E-state index is 13.9. The van der Waals surface area contributed by atoms with Crippen molar-refractivity contribution >= 4 is 22.8 Å². The van der Waals surface area contributed by atoms with Crippen LogP contribution in [0.5, 0.6) is 0 Å². The summed E-state index contributed by atoms with van der Waals surface area (Å²) >= 11 is 0. The van der Waals surface area contributed by atoms with E-state index in [1.807, 2.05) is 33.7 Å². The Morgan fingerprint density at radius 3 is 2.43 bits per heavy atom. The van der Waals surface area contributed by atoms with E-state index in [4.69, 9.17) is 0 Å². The van der Waals surface area contributed by atoms with Crippen LogP contribution in [0.15, 0.2) is 48.5 Å². The number of fused-ring (bicyclic) bond motifs is 1. The van der Waals surface area contributed by atoms with Crippen molar-refractivity contribution in [3.8, 4) is 0 Å². The molecule has 0 atom stereocenters. The number of halogens is 1. The normalized spacial score (nSPS) is 14.5. The Balaban J connectivity index is 1.55. The second-order valence-electron chi connectivity index (χ2n) is 7.56. The molecule has 1 saturated heterocycles. The molecule has 6 nitrogen and oxygen atoms in total. The summed E-state index contributed by atoms with van der Waals surface area (Å²) in [6, 6.07) is 13.4. The largest absolute Gasteiger partial charge is 0.345 e. The van der Waals surface area contributed by atoms with Gasteiger partial charge in [0.05, 0.1) is 23.1 Å². The predicted molar refractivity (Wildman–Crippen MR) is 112 cm³/mol. The number of carbonyl (C=O) groups is 2. The first-order chi connectivity index (χ1) is 14.6. The van der Waals surface area contributed by atoms with Gasteiger partial charge in [0, 0.05) is 13.1 Å². The van der Waals surface area contributed by atoms with Crippen molar-refractivity contribution in [2.75, 3.05) is 13.1 Å². The van der Waals surface area contributed by atoms with Crippen molar-refractivity contribution in [3.63, 3.8) is 0 Å². The molecule has 0 aliphatic carbocycles. The van der Waals surface area contributed by atoms with E-state index in [0.29, 0.717) is 5.82 Å². The third kappa shape index (κ3) is 4.35. The maximum absolute atomic E-state index is 13.9. The Bertz CT molecular complexity index is 1050. The fraction of sp³-hybridized carbons (Fsp3) is 0.348. The Hall–Kier alpha value is -3.22. The van der Waals surface area contributed by atoms with Gasteiger partial charge in [-0.25, -0.2) is 9.37 Å². The van der Waals surface area contributed by atoms with Crippen LogP contribution >= 0.6 is 0 Å². The summed E-state index contributed by atoms with van der Waals surface area (Å²) in [5, 5.41) is 2.73. The van der Waals surface area contributed by atoms with E-state index in [9.17, 15) is 14.0 Å². The summed E-state index contributed by atoms with van der Waals surface area (Å²) in [5.41, 5.74) is 1.59. The lowest BCUT2D eigenvalue weighted by Gasteiger charge is -2.21. The molecule has 2 heterocycles. The highest BCUT2D eigenvalue weighted by molar-refractivity contribution is 5.94. The highest BCUT2D eigenvalue weighted by Gasteiger charge is 2.20. The van der Waals surface area contributed by atoms with Crippen molar-refractivity contribution in [3.05, 3.63) is 65.7 Å². The SMILES string of the molecule is O=C(NCc1nc2ccccc2n1CC(=O)N1CCCCCC1)c1ccccc1F. The van der Waals surface area contributed by atoms with Gasteiger partial charge in [-0.05, 0) is 37.1 Å². The molecule has 0 saturated carbocycles. The minimum Gasteiger partial charge on any atom is -0.345 e. The minimum atomic E-state index is -0.570. The molecule has 0 spiro atoms. The van der Waals surface area contributed by atoms with Gasteiger partial charge < -0.3 is 14.8 Å². The van der Waals surface area contributed by atoms with Gasteiger partial charge in [0.25, 0.3) is 5.91 Å². The molecule has 1 fully saturated rings. The topological polar surface area (TPSA) is 67.2 Å². The standard InChI is InChI=1S/C23H25FN4O2/c24-18-10-4-3-9-17(18)23(30)25-15-21-26-19-11-5-6-12-20(19)28(21)16-22(29)27-13-7-1-2-8-14-27/h3-6,9-12H,1-2,7-8,13-16H2,(H,25,30). The molecular weight excluding hydrogens is 383 g/mol. The van der Waals surface area contributed by atoms with Crippen LogP contribution in [0.2, 0.25) is 0 Å². The van der Waals surface area contributed by atoms with Crippen LogP contribution in [-0.2, 0) is 17.9 Å². The summed E-state index contributed by atoms with van der Waals surface area (Å²) in [6.45, 7) is 1.84. The molecule has 0 bridgehead atoms. The second-order valence-corrected chi connectivity index (χ2v) is 7.56. The van der Waals surface area contributed by atoms with Crippen molar-refractivity contribution < 1.29 is 14.0 Å². The highest BCUT2D eigenvalue weighted by Crippen LogP contribution is 2.18. The number of hydrogen-bond donors (Lipinski definition) is 1. The third-order valence-corrected chi connectivity index (χ3v) is 5.51. The first-order valence-corrected chi connectivity index (χ1v) is 10.4. The van der Waals surface area contributed by atoms with Gasteiger partial charge in [-0.1, -0.05) is 37.1 Å². The molecule has 1 aliphatic heterocycles. The number of benzene rings is 2. The van der Waals surface area contributed by atoms with Gasteiger partial charge in [0.15, 0.2) is 0 Å². The van der Waals surface area contributed by atoms with Crippen LogP contribution in [0, 0.1) is 5.82 Å². The van der Waals surface area contributed by atoms with Gasteiger partial charge in [0.1, 0.15) is 18.2 Å². The second kappa shape index (κ2) is 9.07. The molecule has 1 N–H and O–H groups in total. The molecule has 4 rings (SSSR count). The zero-order valence-electron chi connectivity index (χ0n) is 16.8. The molecule has 30 heavy (non-hydrogen) atoms. The van der Waals surface area contributed by atoms with Crippen molar-refractivity contribution in [1.82, 2.24) is 19.8 Å². The number of hydrogen-bond acceptors (Lipinski definition) is 3. The fourth-order valence-corrected chi connectivity index (χ4v) is 3.89. The van der Waals surface area contributed by atoms with E-state index in [1.165, 1.54) is 12.1 Å². The van der Waals surface area contributed by atoms with Gasteiger partial charge in [-0.2, -0.15) is 0 Å². The molecular formula is C23H25FN4O2. The van der Waals surface area contributed by atoms with E-state index >= 15 is 0 Å². The Morgan fingerprint density at radius 1 is 0.967 bits per heavy atom. The number of carbonyl (C=O) groups excluding carboxylic acids is 2. The molecule has 2 aromatic carbocycles. The van der Waals surface area contributed by atoms with E-state index in [1.54, 1.807) is 12.1 Å². The molecule has 3 aromatic rings. The fourth-order valence-electron chi connectivity index (χ4n) is 3.89.